The van der Waals surface area contributed by atoms with E-state index in [1.165, 1.54) is 0 Å². The predicted molar refractivity (Wildman–Crippen MR) is 96.8 cm³/mol. The fraction of sp³-hybridized carbons (Fsp3) is 0.250. The van der Waals surface area contributed by atoms with Crippen LogP contribution in [-0.2, 0) is 12.8 Å². The van der Waals surface area contributed by atoms with Crippen LogP contribution in [-0.4, -0.2) is 39.1 Å². The van der Waals surface area contributed by atoms with Crippen molar-refractivity contribution in [1.82, 2.24) is 0 Å². The molecule has 0 aliphatic rings. The van der Waals surface area contributed by atoms with E-state index in [1.54, 1.807) is 36.4 Å². The minimum Gasteiger partial charge on any atom is -0.507 e. The van der Waals surface area contributed by atoms with Crippen molar-refractivity contribution in [3.05, 3.63) is 56.5 Å². The van der Waals surface area contributed by atoms with E-state index in [2.05, 4.69) is 31.9 Å². The third kappa shape index (κ3) is 7.81. The summed E-state index contributed by atoms with van der Waals surface area (Å²) in [5.41, 5.74) is 2.02. The van der Waals surface area contributed by atoms with Gasteiger partial charge in [0.1, 0.15) is 11.5 Å². The molecule has 0 unspecified atom stereocenters. The molecule has 0 radical (unpaired) electrons. The summed E-state index contributed by atoms with van der Waals surface area (Å²) in [6, 6.07) is 10.4. The molecule has 5 nitrogen and oxygen atoms in total. The molecule has 0 spiro atoms. The number of aromatic hydroxyl groups is 2. The highest BCUT2D eigenvalue weighted by Crippen LogP contribution is 2.24. The normalized spacial score (nSPS) is 9.57. The number of benzene rings is 2. The van der Waals surface area contributed by atoms with Gasteiger partial charge >= 0.3 is 0 Å². The summed E-state index contributed by atoms with van der Waals surface area (Å²) in [7, 11) is 0. The van der Waals surface area contributed by atoms with Crippen molar-refractivity contribution in [2.75, 3.05) is 13.2 Å². The average Bonchev–Trinajstić information content (AvgIpc) is 2.48. The molecule has 0 aliphatic heterocycles. The first-order valence-electron chi connectivity index (χ1n) is 6.64. The van der Waals surface area contributed by atoms with Crippen LogP contribution in [0.25, 0.3) is 0 Å². The van der Waals surface area contributed by atoms with Gasteiger partial charge in [-0.15, -0.1) is 0 Å². The predicted octanol–water partition coefficient (Wildman–Crippen LogP) is 2.55. The van der Waals surface area contributed by atoms with Crippen LogP contribution in [0, 0.1) is 0 Å². The lowest BCUT2D eigenvalue weighted by Crippen LogP contribution is -1.89. The Morgan fingerprint density at radius 1 is 0.696 bits per heavy atom. The van der Waals surface area contributed by atoms with Crippen LogP contribution in [0.4, 0.5) is 0 Å². The molecule has 0 atom stereocenters. The summed E-state index contributed by atoms with van der Waals surface area (Å²) in [6.45, 7) is 0.272. The number of hydrogen-bond donors (Lipinski definition) is 4. The van der Waals surface area contributed by atoms with Crippen molar-refractivity contribution in [3.63, 3.8) is 0 Å². The number of phenolic OH excluding ortho intramolecular Hbond substituents is 2. The third-order valence-electron chi connectivity index (χ3n) is 2.83. The van der Waals surface area contributed by atoms with Crippen molar-refractivity contribution >= 4 is 31.9 Å². The van der Waals surface area contributed by atoms with Crippen LogP contribution < -0.4 is 0 Å². The number of hydrogen-bond acceptors (Lipinski definition) is 4. The van der Waals surface area contributed by atoms with E-state index in [1.807, 2.05) is 0 Å². The number of aliphatic hydroxyl groups excluding tert-OH is 2. The average molecular weight is 452 g/mol. The summed E-state index contributed by atoms with van der Waals surface area (Å²) in [5, 5.41) is 35.4. The van der Waals surface area contributed by atoms with Crippen LogP contribution in [0.15, 0.2) is 45.3 Å². The smallest absolute Gasteiger partial charge is 0.129 e. The molecule has 0 saturated heterocycles. The molecule has 0 bridgehead atoms. The molecule has 7 heteroatoms. The zero-order valence-corrected chi connectivity index (χ0v) is 15.5. The fourth-order valence-corrected chi connectivity index (χ4v) is 2.52. The number of rotatable bonds is 4. The Morgan fingerprint density at radius 2 is 1.04 bits per heavy atom. The lowest BCUT2D eigenvalue weighted by Gasteiger charge is -2.00. The van der Waals surface area contributed by atoms with E-state index in [-0.39, 0.29) is 30.2 Å². The lowest BCUT2D eigenvalue weighted by atomic mass is 10.1. The summed E-state index contributed by atoms with van der Waals surface area (Å²) >= 11 is 6.37. The SMILES string of the molecule is O.OCCc1ccc(O)c(Br)c1.OCCc1ccc(O)c(Br)c1. The molecule has 0 saturated carbocycles. The number of aliphatic hydroxyl groups is 2. The first-order chi connectivity index (χ1) is 10.5. The number of halogens is 2. The third-order valence-corrected chi connectivity index (χ3v) is 4.10. The molecule has 2 aromatic carbocycles. The van der Waals surface area contributed by atoms with Crippen molar-refractivity contribution in [2.24, 2.45) is 0 Å². The minimum absolute atomic E-state index is 0. The molecule has 128 valence electrons. The molecule has 0 amide bonds. The Morgan fingerprint density at radius 3 is 1.30 bits per heavy atom. The maximum absolute atomic E-state index is 9.10. The van der Waals surface area contributed by atoms with Gasteiger partial charge < -0.3 is 25.9 Å². The maximum atomic E-state index is 9.10. The largest absolute Gasteiger partial charge is 0.507 e. The van der Waals surface area contributed by atoms with Gasteiger partial charge in [-0.1, -0.05) is 12.1 Å². The monoisotopic (exact) mass is 450 g/mol. The second kappa shape index (κ2) is 11.4. The molecular formula is C16H20Br2O5. The summed E-state index contributed by atoms with van der Waals surface area (Å²) in [5.74, 6) is 0.457. The first kappa shape index (κ1) is 21.9. The van der Waals surface area contributed by atoms with Gasteiger partial charge in [0.15, 0.2) is 0 Å². The summed E-state index contributed by atoms with van der Waals surface area (Å²) < 4.78 is 1.34. The molecule has 0 aromatic heterocycles. The zero-order chi connectivity index (χ0) is 16.5. The maximum Gasteiger partial charge on any atom is 0.129 e. The highest BCUT2D eigenvalue weighted by atomic mass is 79.9. The molecule has 2 rings (SSSR count). The van der Waals surface area contributed by atoms with Crippen LogP contribution in [0.3, 0.4) is 0 Å². The van der Waals surface area contributed by atoms with Crippen LogP contribution >= 0.6 is 31.9 Å². The topological polar surface area (TPSA) is 112 Å². The number of phenols is 2. The molecular weight excluding hydrogens is 432 g/mol. The van der Waals surface area contributed by atoms with Gasteiger partial charge in [-0.2, -0.15) is 0 Å². The van der Waals surface area contributed by atoms with E-state index < -0.39 is 0 Å². The molecule has 0 fully saturated rings. The Balaban J connectivity index is 0.000000403. The van der Waals surface area contributed by atoms with E-state index >= 15 is 0 Å². The Kier molecular flexibility index (Phi) is 10.9. The first-order valence-corrected chi connectivity index (χ1v) is 8.23. The molecule has 6 N–H and O–H groups in total. The molecule has 2 aromatic rings. The van der Waals surface area contributed by atoms with Crippen molar-refractivity contribution in [3.8, 4) is 11.5 Å². The Labute approximate surface area is 151 Å². The van der Waals surface area contributed by atoms with E-state index in [9.17, 15) is 0 Å². The van der Waals surface area contributed by atoms with E-state index in [0.717, 1.165) is 11.1 Å². The van der Waals surface area contributed by atoms with Gasteiger partial charge in [0.25, 0.3) is 0 Å². The minimum atomic E-state index is 0. The Bertz CT molecular complexity index is 552. The standard InChI is InChI=1S/2C8H9BrO2.H2O/c2*9-7-5-6(3-4-10)1-2-8(7)11;/h2*1-2,5,10-11H,3-4H2;1H2. The summed E-state index contributed by atoms with van der Waals surface area (Å²) in [6.07, 6.45) is 1.25. The van der Waals surface area contributed by atoms with Gasteiger partial charge in [0.2, 0.25) is 0 Å². The molecule has 0 aliphatic carbocycles. The quantitative estimate of drug-likeness (QED) is 0.572. The van der Waals surface area contributed by atoms with Gasteiger partial charge in [-0.05, 0) is 80.1 Å². The Hall–Kier alpha value is -1.12. The lowest BCUT2D eigenvalue weighted by molar-refractivity contribution is 0.299. The van der Waals surface area contributed by atoms with Gasteiger partial charge in [-0.3, -0.25) is 0 Å². The van der Waals surface area contributed by atoms with Crippen LogP contribution in [0.2, 0.25) is 0 Å². The zero-order valence-electron chi connectivity index (χ0n) is 12.3. The van der Waals surface area contributed by atoms with Crippen molar-refractivity contribution < 1.29 is 25.9 Å². The second-order valence-electron chi connectivity index (χ2n) is 4.52. The fourth-order valence-electron chi connectivity index (χ4n) is 1.67. The van der Waals surface area contributed by atoms with Gasteiger partial charge in [-0.25, -0.2) is 0 Å². The van der Waals surface area contributed by atoms with Crippen molar-refractivity contribution in [1.29, 1.82) is 0 Å². The van der Waals surface area contributed by atoms with E-state index in [0.29, 0.717) is 21.8 Å². The van der Waals surface area contributed by atoms with Crippen LogP contribution in [0.5, 0.6) is 11.5 Å². The van der Waals surface area contributed by atoms with Gasteiger partial charge in [0.05, 0.1) is 8.95 Å². The summed E-state index contributed by atoms with van der Waals surface area (Å²) in [4.78, 5) is 0. The second-order valence-corrected chi connectivity index (χ2v) is 6.23. The van der Waals surface area contributed by atoms with Crippen LogP contribution in [0.1, 0.15) is 11.1 Å². The van der Waals surface area contributed by atoms with Crippen molar-refractivity contribution in [2.45, 2.75) is 12.8 Å². The van der Waals surface area contributed by atoms with Gasteiger partial charge in [0, 0.05) is 13.2 Å². The highest BCUT2D eigenvalue weighted by molar-refractivity contribution is 9.10. The molecule has 23 heavy (non-hydrogen) atoms. The molecule has 0 heterocycles. The highest BCUT2D eigenvalue weighted by Gasteiger charge is 1.98. The van der Waals surface area contributed by atoms with E-state index in [4.69, 9.17) is 20.4 Å².